The molecule has 1 aromatic carbocycles. The van der Waals surface area contributed by atoms with Gasteiger partial charge in [0.2, 0.25) is 0 Å². The van der Waals surface area contributed by atoms with Crippen LogP contribution in [0.1, 0.15) is 11.3 Å². The zero-order chi connectivity index (χ0) is 16.4. The van der Waals surface area contributed by atoms with Gasteiger partial charge in [0.1, 0.15) is 18.1 Å². The van der Waals surface area contributed by atoms with Gasteiger partial charge in [-0.1, -0.05) is 18.2 Å². The van der Waals surface area contributed by atoms with Crippen molar-refractivity contribution in [3.63, 3.8) is 0 Å². The summed E-state index contributed by atoms with van der Waals surface area (Å²) in [5.41, 5.74) is 0.816. The molecule has 2 heterocycles. The van der Waals surface area contributed by atoms with Crippen LogP contribution in [0, 0.1) is 0 Å². The molecule has 0 aliphatic carbocycles. The fourth-order valence-electron chi connectivity index (χ4n) is 2.54. The molecule has 0 spiro atoms. The van der Waals surface area contributed by atoms with Crippen LogP contribution in [-0.2, 0) is 17.8 Å². The first-order valence-corrected chi connectivity index (χ1v) is 7.05. The highest BCUT2D eigenvalue weighted by atomic mass is 19.4. The molecule has 3 rings (SSSR count). The molecule has 0 saturated carbocycles. The van der Waals surface area contributed by atoms with Gasteiger partial charge < -0.3 is 14.1 Å². The van der Waals surface area contributed by atoms with E-state index in [9.17, 15) is 18.0 Å². The van der Waals surface area contributed by atoms with Crippen molar-refractivity contribution in [1.29, 1.82) is 0 Å². The van der Waals surface area contributed by atoms with E-state index >= 15 is 0 Å². The summed E-state index contributed by atoms with van der Waals surface area (Å²) in [6.07, 6.45) is -3.81. The minimum atomic E-state index is -4.49. The summed E-state index contributed by atoms with van der Waals surface area (Å²) in [5, 5.41) is 0. The fraction of sp³-hybridized carbons (Fsp3) is 0.312. The van der Waals surface area contributed by atoms with E-state index in [1.54, 1.807) is 30.3 Å². The van der Waals surface area contributed by atoms with Gasteiger partial charge in [-0.05, 0) is 23.8 Å². The van der Waals surface area contributed by atoms with E-state index < -0.39 is 24.7 Å². The van der Waals surface area contributed by atoms with E-state index in [0.717, 1.165) is 10.5 Å². The lowest BCUT2D eigenvalue weighted by molar-refractivity contribution is -0.166. The number of alkyl halides is 3. The molecule has 0 radical (unpaired) electrons. The lowest BCUT2D eigenvalue weighted by Gasteiger charge is -2.25. The van der Waals surface area contributed by atoms with Gasteiger partial charge in [-0.25, -0.2) is 0 Å². The number of rotatable bonds is 4. The van der Waals surface area contributed by atoms with Gasteiger partial charge >= 0.3 is 6.18 Å². The molecule has 7 heteroatoms. The predicted molar refractivity (Wildman–Crippen MR) is 74.7 cm³/mol. The van der Waals surface area contributed by atoms with Crippen LogP contribution in [0.3, 0.4) is 0 Å². The lowest BCUT2D eigenvalue weighted by atomic mass is 10.1. The highest BCUT2D eigenvalue weighted by Crippen LogP contribution is 2.30. The third-order valence-electron chi connectivity index (χ3n) is 3.53. The summed E-state index contributed by atoms with van der Waals surface area (Å²) >= 11 is 0. The molecular formula is C16H14F3NO3. The molecular weight excluding hydrogens is 311 g/mol. The molecule has 2 aromatic rings. The number of benzene rings is 1. The minimum Gasteiger partial charge on any atom is -0.480 e. The zero-order valence-corrected chi connectivity index (χ0v) is 12.0. The van der Waals surface area contributed by atoms with Crippen molar-refractivity contribution in [2.45, 2.75) is 25.2 Å². The van der Waals surface area contributed by atoms with Crippen molar-refractivity contribution < 1.29 is 27.1 Å². The van der Waals surface area contributed by atoms with E-state index in [2.05, 4.69) is 0 Å². The zero-order valence-electron chi connectivity index (χ0n) is 12.0. The van der Waals surface area contributed by atoms with E-state index in [1.807, 2.05) is 0 Å². The quantitative estimate of drug-likeness (QED) is 0.867. The van der Waals surface area contributed by atoms with E-state index in [4.69, 9.17) is 9.15 Å². The van der Waals surface area contributed by atoms with Gasteiger partial charge in [0, 0.05) is 6.42 Å². The maximum Gasteiger partial charge on any atom is 0.406 e. The van der Waals surface area contributed by atoms with Crippen molar-refractivity contribution >= 4 is 5.91 Å². The third kappa shape index (κ3) is 3.67. The molecule has 1 aliphatic heterocycles. The van der Waals surface area contributed by atoms with Gasteiger partial charge in [-0.3, -0.25) is 4.79 Å². The Labute approximate surface area is 130 Å². The second kappa shape index (κ2) is 5.98. The topological polar surface area (TPSA) is 42.7 Å². The molecule has 1 unspecified atom stereocenters. The molecule has 4 nitrogen and oxygen atoms in total. The Bertz CT molecular complexity index is 657. The molecule has 0 bridgehead atoms. The van der Waals surface area contributed by atoms with Crippen molar-refractivity contribution in [1.82, 2.24) is 4.90 Å². The Kier molecular flexibility index (Phi) is 4.02. The molecule has 0 fully saturated rings. The second-order valence-corrected chi connectivity index (χ2v) is 5.31. The SMILES string of the molecule is O=C(C1Cc2ccccc2O1)N(Cc1ccco1)CC(F)(F)F. The Morgan fingerprint density at radius 2 is 2.00 bits per heavy atom. The van der Waals surface area contributed by atoms with Crippen LogP contribution in [0.25, 0.3) is 0 Å². The van der Waals surface area contributed by atoms with Crippen molar-refractivity contribution in [3.8, 4) is 5.75 Å². The summed E-state index contributed by atoms with van der Waals surface area (Å²) in [5.74, 6) is 0.129. The summed E-state index contributed by atoms with van der Waals surface area (Å²) in [4.78, 5) is 13.2. The van der Waals surface area contributed by atoms with Gasteiger partial charge in [0.25, 0.3) is 5.91 Å². The van der Waals surface area contributed by atoms with Crippen LogP contribution < -0.4 is 4.74 Å². The fourth-order valence-corrected chi connectivity index (χ4v) is 2.54. The number of hydrogen-bond acceptors (Lipinski definition) is 3. The van der Waals surface area contributed by atoms with Gasteiger partial charge in [-0.15, -0.1) is 0 Å². The van der Waals surface area contributed by atoms with Crippen LogP contribution in [0.5, 0.6) is 5.75 Å². The summed E-state index contributed by atoms with van der Waals surface area (Å²) in [6.45, 7) is -1.59. The highest BCUT2D eigenvalue weighted by molar-refractivity contribution is 5.82. The van der Waals surface area contributed by atoms with Crippen LogP contribution in [-0.4, -0.2) is 29.6 Å². The van der Waals surface area contributed by atoms with Gasteiger partial charge in [0.05, 0.1) is 12.8 Å². The number of furan rings is 1. The second-order valence-electron chi connectivity index (χ2n) is 5.31. The summed E-state index contributed by atoms with van der Waals surface area (Å²) < 4.78 is 48.9. The average molecular weight is 325 g/mol. The van der Waals surface area contributed by atoms with E-state index in [1.165, 1.54) is 12.3 Å². The van der Waals surface area contributed by atoms with Crippen molar-refractivity contribution in [3.05, 3.63) is 54.0 Å². The maximum atomic E-state index is 12.8. The molecule has 122 valence electrons. The van der Waals surface area contributed by atoms with Gasteiger partial charge in [-0.2, -0.15) is 13.2 Å². The maximum absolute atomic E-state index is 12.8. The van der Waals surface area contributed by atoms with E-state index in [0.29, 0.717) is 5.75 Å². The smallest absolute Gasteiger partial charge is 0.406 e. The Hall–Kier alpha value is -2.44. The minimum absolute atomic E-state index is 0.248. The number of carbonyl (C=O) groups is 1. The number of para-hydroxylation sites is 1. The molecule has 1 aliphatic rings. The Morgan fingerprint density at radius 3 is 2.65 bits per heavy atom. The Balaban J connectivity index is 1.75. The predicted octanol–water partition coefficient (Wildman–Crippen LogP) is 3.17. The normalized spacial score (nSPS) is 16.7. The number of carbonyl (C=O) groups excluding carboxylic acids is 1. The van der Waals surface area contributed by atoms with Crippen LogP contribution in [0.2, 0.25) is 0 Å². The highest BCUT2D eigenvalue weighted by Gasteiger charge is 2.38. The number of hydrogen-bond donors (Lipinski definition) is 0. The molecule has 0 N–H and O–H groups in total. The van der Waals surface area contributed by atoms with Crippen molar-refractivity contribution in [2.24, 2.45) is 0 Å². The third-order valence-corrected chi connectivity index (χ3v) is 3.53. The molecule has 1 amide bonds. The first-order valence-electron chi connectivity index (χ1n) is 7.05. The van der Waals surface area contributed by atoms with Gasteiger partial charge in [0.15, 0.2) is 6.10 Å². The number of fused-ring (bicyclic) bond motifs is 1. The number of halogens is 3. The van der Waals surface area contributed by atoms with Crippen LogP contribution in [0.15, 0.2) is 47.1 Å². The summed E-state index contributed by atoms with van der Waals surface area (Å²) in [6, 6.07) is 10.1. The largest absolute Gasteiger partial charge is 0.480 e. The summed E-state index contributed by atoms with van der Waals surface area (Å²) in [7, 11) is 0. The van der Waals surface area contributed by atoms with Crippen LogP contribution in [0.4, 0.5) is 13.2 Å². The van der Waals surface area contributed by atoms with Crippen LogP contribution >= 0.6 is 0 Å². The monoisotopic (exact) mass is 325 g/mol. The Morgan fingerprint density at radius 1 is 1.22 bits per heavy atom. The number of amides is 1. The van der Waals surface area contributed by atoms with E-state index in [-0.39, 0.29) is 18.7 Å². The number of nitrogens with zero attached hydrogens (tertiary/aromatic N) is 1. The van der Waals surface area contributed by atoms with Crippen molar-refractivity contribution in [2.75, 3.05) is 6.54 Å². The lowest BCUT2D eigenvalue weighted by Crippen LogP contribution is -2.45. The number of ether oxygens (including phenoxy) is 1. The first-order chi connectivity index (χ1) is 10.9. The average Bonchev–Trinajstić information content (AvgIpc) is 3.13. The molecule has 1 aromatic heterocycles. The standard InChI is InChI=1S/C16H14F3NO3/c17-16(18,19)10-20(9-12-5-3-7-22-12)15(21)14-8-11-4-1-2-6-13(11)23-14/h1-7,14H,8-10H2. The molecule has 0 saturated heterocycles. The first kappa shape index (κ1) is 15.5. The molecule has 1 atom stereocenters. The molecule has 23 heavy (non-hydrogen) atoms.